The number of aryl methyl sites for hydroxylation is 2. The van der Waals surface area contributed by atoms with Crippen molar-refractivity contribution in [2.75, 3.05) is 55.7 Å². The predicted octanol–water partition coefficient (Wildman–Crippen LogP) is 2.75. The molecule has 2 aliphatic heterocycles. The van der Waals surface area contributed by atoms with Crippen LogP contribution in [0.1, 0.15) is 41.5 Å². The van der Waals surface area contributed by atoms with Gasteiger partial charge < -0.3 is 14.9 Å². The maximum Gasteiger partial charge on any atom is 0.172 e. The van der Waals surface area contributed by atoms with Crippen LogP contribution in [0.15, 0.2) is 36.8 Å². The van der Waals surface area contributed by atoms with E-state index in [4.69, 9.17) is 15.0 Å². The number of aliphatic hydroxyl groups is 1. The van der Waals surface area contributed by atoms with Gasteiger partial charge in [0.05, 0.1) is 17.4 Å². The number of rotatable bonds is 6. The van der Waals surface area contributed by atoms with Crippen LogP contribution >= 0.6 is 12.4 Å². The van der Waals surface area contributed by atoms with Gasteiger partial charge in [-0.2, -0.15) is 5.10 Å². The number of halogens is 1. The molecule has 2 fully saturated rings. The number of nitrogens with zero attached hydrogens (tertiary/aromatic N) is 7. The van der Waals surface area contributed by atoms with E-state index in [0.29, 0.717) is 5.92 Å². The Morgan fingerprint density at radius 1 is 0.914 bits per heavy atom. The fourth-order valence-electron chi connectivity index (χ4n) is 5.31. The molecule has 10 heteroatoms. The second-order valence-corrected chi connectivity index (χ2v) is 9.34. The number of aromatic amines is 1. The molecule has 9 nitrogen and oxygen atoms in total. The standard InChI is InChI=1S/C25H34N8O.ClH/c1-18-22(19(2)30-29-18)23(21-5-3-4-8-26-21)31-13-15-33(16-14-31)25-24(27-9-10-28-25)32-11-6-20(17-34)7-12-32;/h3-5,8-10,20,23,34H,6-7,11-17H2,1-2H3,(H,29,30);1H. The lowest BCUT2D eigenvalue weighted by atomic mass is 9.98. The zero-order valence-corrected chi connectivity index (χ0v) is 21.3. The van der Waals surface area contributed by atoms with Gasteiger partial charge in [0.25, 0.3) is 0 Å². The first kappa shape index (κ1) is 25.3. The predicted molar refractivity (Wildman–Crippen MR) is 139 cm³/mol. The van der Waals surface area contributed by atoms with E-state index in [1.807, 2.05) is 12.3 Å². The molecule has 5 rings (SSSR count). The molecule has 0 saturated carbocycles. The Hall–Kier alpha value is -2.75. The molecule has 188 valence electrons. The number of hydrogen-bond donors (Lipinski definition) is 2. The monoisotopic (exact) mass is 498 g/mol. The zero-order valence-electron chi connectivity index (χ0n) is 20.5. The van der Waals surface area contributed by atoms with Gasteiger partial charge in [-0.3, -0.25) is 15.0 Å². The first-order valence-corrected chi connectivity index (χ1v) is 12.2. The molecular formula is C25H35ClN8O. The minimum atomic E-state index is 0. The zero-order chi connectivity index (χ0) is 23.5. The third kappa shape index (κ3) is 5.27. The van der Waals surface area contributed by atoms with E-state index in [1.54, 1.807) is 12.4 Å². The summed E-state index contributed by atoms with van der Waals surface area (Å²) in [6.45, 7) is 9.80. The molecule has 2 saturated heterocycles. The van der Waals surface area contributed by atoms with E-state index >= 15 is 0 Å². The summed E-state index contributed by atoms with van der Waals surface area (Å²) in [6, 6.07) is 6.20. The molecule has 35 heavy (non-hydrogen) atoms. The van der Waals surface area contributed by atoms with Crippen molar-refractivity contribution in [1.82, 2.24) is 30.0 Å². The summed E-state index contributed by atoms with van der Waals surface area (Å²) in [5.41, 5.74) is 4.39. The lowest BCUT2D eigenvalue weighted by molar-refractivity contribution is 0.202. The minimum Gasteiger partial charge on any atom is -0.396 e. The maximum atomic E-state index is 9.49. The number of H-pyrrole nitrogens is 1. The van der Waals surface area contributed by atoms with Crippen molar-refractivity contribution in [3.8, 4) is 0 Å². The average molecular weight is 499 g/mol. The minimum absolute atomic E-state index is 0. The number of hydrogen-bond acceptors (Lipinski definition) is 8. The van der Waals surface area contributed by atoms with E-state index in [1.165, 1.54) is 5.56 Å². The molecule has 0 aliphatic carbocycles. The Bertz CT molecular complexity index is 1060. The molecule has 2 aliphatic rings. The van der Waals surface area contributed by atoms with Gasteiger partial charge >= 0.3 is 0 Å². The van der Waals surface area contributed by atoms with Crippen LogP contribution in [0.5, 0.6) is 0 Å². The lowest BCUT2D eigenvalue weighted by Gasteiger charge is -2.41. The Labute approximate surface area is 213 Å². The van der Waals surface area contributed by atoms with Gasteiger partial charge in [0, 0.05) is 75.7 Å². The lowest BCUT2D eigenvalue weighted by Crippen LogP contribution is -2.49. The first-order chi connectivity index (χ1) is 16.7. The molecule has 3 aromatic heterocycles. The van der Waals surface area contributed by atoms with E-state index in [9.17, 15) is 5.11 Å². The number of aromatic nitrogens is 5. The van der Waals surface area contributed by atoms with Crippen LogP contribution in [0.2, 0.25) is 0 Å². The summed E-state index contributed by atoms with van der Waals surface area (Å²) in [7, 11) is 0. The van der Waals surface area contributed by atoms with Crippen LogP contribution in [-0.4, -0.2) is 81.0 Å². The molecule has 5 heterocycles. The van der Waals surface area contributed by atoms with Crippen LogP contribution in [0.3, 0.4) is 0 Å². The van der Waals surface area contributed by atoms with Crippen molar-refractivity contribution < 1.29 is 5.11 Å². The highest BCUT2D eigenvalue weighted by Crippen LogP contribution is 2.34. The molecule has 0 bridgehead atoms. The third-order valence-electron chi connectivity index (χ3n) is 7.24. The summed E-state index contributed by atoms with van der Waals surface area (Å²) in [6.07, 6.45) is 7.44. The molecule has 1 unspecified atom stereocenters. The number of piperazine rings is 1. The van der Waals surface area contributed by atoms with Gasteiger partial charge in [0.15, 0.2) is 11.6 Å². The number of anilines is 2. The number of aliphatic hydroxyl groups excluding tert-OH is 1. The summed E-state index contributed by atoms with van der Waals surface area (Å²) in [5.74, 6) is 2.34. The van der Waals surface area contributed by atoms with Gasteiger partial charge in [-0.1, -0.05) is 6.07 Å². The highest BCUT2D eigenvalue weighted by Gasteiger charge is 2.32. The average Bonchev–Trinajstić information content (AvgIpc) is 3.23. The molecule has 0 aromatic carbocycles. The maximum absolute atomic E-state index is 9.49. The molecular weight excluding hydrogens is 464 g/mol. The smallest absolute Gasteiger partial charge is 0.172 e. The molecule has 0 spiro atoms. The molecule has 0 radical (unpaired) electrons. The summed E-state index contributed by atoms with van der Waals surface area (Å²) >= 11 is 0. The van der Waals surface area contributed by atoms with E-state index in [0.717, 1.165) is 80.8 Å². The molecule has 0 amide bonds. The topological polar surface area (TPSA) is 97.3 Å². The molecule has 3 aromatic rings. The van der Waals surface area contributed by atoms with Crippen LogP contribution in [0, 0.1) is 19.8 Å². The second kappa shape index (κ2) is 11.3. The number of piperidine rings is 1. The van der Waals surface area contributed by atoms with Gasteiger partial charge in [0.2, 0.25) is 0 Å². The van der Waals surface area contributed by atoms with Crippen molar-refractivity contribution >= 4 is 24.0 Å². The molecule has 2 N–H and O–H groups in total. The van der Waals surface area contributed by atoms with Crippen molar-refractivity contribution in [3.63, 3.8) is 0 Å². The Morgan fingerprint density at radius 2 is 1.57 bits per heavy atom. The first-order valence-electron chi connectivity index (χ1n) is 12.2. The number of pyridine rings is 1. The second-order valence-electron chi connectivity index (χ2n) is 9.34. The van der Waals surface area contributed by atoms with Crippen LogP contribution in [0.25, 0.3) is 0 Å². The Morgan fingerprint density at radius 3 is 2.11 bits per heavy atom. The van der Waals surface area contributed by atoms with Crippen molar-refractivity contribution in [1.29, 1.82) is 0 Å². The third-order valence-corrected chi connectivity index (χ3v) is 7.24. The summed E-state index contributed by atoms with van der Waals surface area (Å²) < 4.78 is 0. The largest absolute Gasteiger partial charge is 0.396 e. The number of nitrogens with one attached hydrogen (secondary N) is 1. The van der Waals surface area contributed by atoms with Crippen molar-refractivity contribution in [2.45, 2.75) is 32.7 Å². The fourth-order valence-corrected chi connectivity index (χ4v) is 5.31. The van der Waals surface area contributed by atoms with Gasteiger partial charge in [0.1, 0.15) is 0 Å². The van der Waals surface area contributed by atoms with Gasteiger partial charge in [-0.05, 0) is 44.7 Å². The van der Waals surface area contributed by atoms with Crippen molar-refractivity contribution in [2.24, 2.45) is 5.92 Å². The van der Waals surface area contributed by atoms with Crippen molar-refractivity contribution in [3.05, 3.63) is 59.4 Å². The van der Waals surface area contributed by atoms with Crippen LogP contribution in [0.4, 0.5) is 11.6 Å². The van der Waals surface area contributed by atoms with Crippen LogP contribution in [-0.2, 0) is 0 Å². The summed E-state index contributed by atoms with van der Waals surface area (Å²) in [5, 5.41) is 17.1. The van der Waals surface area contributed by atoms with Gasteiger partial charge in [-0.15, -0.1) is 12.4 Å². The van der Waals surface area contributed by atoms with Crippen LogP contribution < -0.4 is 9.80 Å². The van der Waals surface area contributed by atoms with E-state index in [-0.39, 0.29) is 25.1 Å². The Kier molecular flexibility index (Phi) is 8.20. The molecule has 1 atom stereocenters. The fraction of sp³-hybridized carbons (Fsp3) is 0.520. The normalized spacial score (nSPS) is 18.4. The SMILES string of the molecule is Cc1n[nH]c(C)c1C(c1ccccn1)N1CCN(c2nccnc2N2CCC(CO)CC2)CC1.Cl. The quantitative estimate of drug-likeness (QED) is 0.535. The van der Waals surface area contributed by atoms with E-state index < -0.39 is 0 Å². The Balaban J connectivity index is 0.00000289. The summed E-state index contributed by atoms with van der Waals surface area (Å²) in [4.78, 5) is 21.4. The van der Waals surface area contributed by atoms with Gasteiger partial charge in [-0.25, -0.2) is 9.97 Å². The highest BCUT2D eigenvalue weighted by atomic mass is 35.5. The van der Waals surface area contributed by atoms with E-state index in [2.05, 4.69) is 50.9 Å². The highest BCUT2D eigenvalue weighted by molar-refractivity contribution is 5.85.